The van der Waals surface area contributed by atoms with E-state index in [2.05, 4.69) is 15.1 Å². The van der Waals surface area contributed by atoms with Crippen molar-refractivity contribution in [1.29, 1.82) is 0 Å². The van der Waals surface area contributed by atoms with Crippen molar-refractivity contribution < 1.29 is 17.9 Å². The lowest BCUT2D eigenvalue weighted by molar-refractivity contribution is 0.102. The van der Waals surface area contributed by atoms with Crippen LogP contribution in [-0.4, -0.2) is 31.2 Å². The molecule has 34 heavy (non-hydrogen) atoms. The lowest BCUT2D eigenvalue weighted by atomic mass is 10.1. The van der Waals surface area contributed by atoms with Gasteiger partial charge >= 0.3 is 0 Å². The topological polar surface area (TPSA) is 102 Å². The van der Waals surface area contributed by atoms with Crippen molar-refractivity contribution in [3.63, 3.8) is 0 Å². The van der Waals surface area contributed by atoms with Gasteiger partial charge in [-0.05, 0) is 72.6 Å². The van der Waals surface area contributed by atoms with Gasteiger partial charge in [-0.3, -0.25) is 14.2 Å². The summed E-state index contributed by atoms with van der Waals surface area (Å²) in [6.07, 6.45) is 3.57. The number of nitrogens with zero attached hydrogens (tertiary/aromatic N) is 2. The number of aryl methyl sites for hydroxylation is 1. The SMILES string of the molecule is COc1ccc(NS(=O)(=O)c2cc(C(=O)Nc3cccc(Cn4cccn4)c3)ccc2C)cc1. The van der Waals surface area contributed by atoms with Crippen LogP contribution in [0.25, 0.3) is 0 Å². The summed E-state index contributed by atoms with van der Waals surface area (Å²) in [5.74, 6) is 0.212. The van der Waals surface area contributed by atoms with Crippen molar-refractivity contribution >= 4 is 27.3 Å². The molecule has 0 atom stereocenters. The molecule has 2 N–H and O–H groups in total. The minimum absolute atomic E-state index is 0.0309. The summed E-state index contributed by atoms with van der Waals surface area (Å²) in [4.78, 5) is 12.9. The number of ether oxygens (including phenoxy) is 1. The van der Waals surface area contributed by atoms with Gasteiger partial charge in [-0.15, -0.1) is 0 Å². The maximum atomic E-state index is 13.0. The number of aromatic nitrogens is 2. The number of hydrogen-bond acceptors (Lipinski definition) is 5. The van der Waals surface area contributed by atoms with Crippen LogP contribution in [0.1, 0.15) is 21.5 Å². The molecule has 0 aliphatic heterocycles. The number of hydrogen-bond donors (Lipinski definition) is 2. The molecule has 1 amide bonds. The van der Waals surface area contributed by atoms with Crippen molar-refractivity contribution in [3.8, 4) is 5.75 Å². The van der Waals surface area contributed by atoms with E-state index in [-0.39, 0.29) is 10.5 Å². The zero-order valence-corrected chi connectivity index (χ0v) is 19.5. The smallest absolute Gasteiger partial charge is 0.262 e. The van der Waals surface area contributed by atoms with E-state index >= 15 is 0 Å². The van der Waals surface area contributed by atoms with Gasteiger partial charge in [-0.25, -0.2) is 8.42 Å². The highest BCUT2D eigenvalue weighted by Gasteiger charge is 2.20. The van der Waals surface area contributed by atoms with Gasteiger partial charge in [0.15, 0.2) is 0 Å². The Bertz CT molecular complexity index is 1400. The molecule has 174 valence electrons. The predicted octanol–water partition coefficient (Wildman–Crippen LogP) is 4.30. The van der Waals surface area contributed by atoms with Crippen molar-refractivity contribution in [1.82, 2.24) is 9.78 Å². The fourth-order valence-electron chi connectivity index (χ4n) is 3.43. The minimum atomic E-state index is -3.91. The lowest BCUT2D eigenvalue weighted by Gasteiger charge is -2.13. The van der Waals surface area contributed by atoms with Crippen molar-refractivity contribution in [2.24, 2.45) is 0 Å². The zero-order chi connectivity index (χ0) is 24.1. The standard InChI is InChI=1S/C25H24N4O4S/c1-18-7-8-20(16-24(18)34(31,32)28-21-9-11-23(33-2)12-10-21)25(30)27-22-6-3-5-19(15-22)17-29-14-4-13-26-29/h3-16,28H,17H2,1-2H3,(H,27,30). The molecule has 1 heterocycles. The van der Waals surface area contributed by atoms with E-state index in [0.717, 1.165) is 5.56 Å². The number of sulfonamides is 1. The number of anilines is 2. The van der Waals surface area contributed by atoms with Crippen LogP contribution < -0.4 is 14.8 Å². The van der Waals surface area contributed by atoms with Crippen molar-refractivity contribution in [2.75, 3.05) is 17.1 Å². The van der Waals surface area contributed by atoms with Crippen LogP contribution in [-0.2, 0) is 16.6 Å². The van der Waals surface area contributed by atoms with Crippen LogP contribution in [0, 0.1) is 6.92 Å². The maximum Gasteiger partial charge on any atom is 0.262 e. The van der Waals surface area contributed by atoms with Gasteiger partial charge in [0.2, 0.25) is 0 Å². The van der Waals surface area contributed by atoms with Crippen LogP contribution in [0.4, 0.5) is 11.4 Å². The summed E-state index contributed by atoms with van der Waals surface area (Å²) < 4.78 is 35.5. The summed E-state index contributed by atoms with van der Waals surface area (Å²) in [7, 11) is -2.37. The molecule has 8 nitrogen and oxygen atoms in total. The van der Waals surface area contributed by atoms with E-state index in [4.69, 9.17) is 4.74 Å². The summed E-state index contributed by atoms with van der Waals surface area (Å²) in [5, 5.41) is 7.03. The highest BCUT2D eigenvalue weighted by Crippen LogP contribution is 2.23. The Balaban J connectivity index is 1.52. The lowest BCUT2D eigenvalue weighted by Crippen LogP contribution is -2.17. The second kappa shape index (κ2) is 9.80. The Kier molecular flexibility index (Phi) is 6.65. The van der Waals surface area contributed by atoms with Gasteiger partial charge < -0.3 is 10.1 Å². The number of methoxy groups -OCH3 is 1. The third-order valence-electron chi connectivity index (χ3n) is 5.17. The Morgan fingerprint density at radius 2 is 1.79 bits per heavy atom. The van der Waals surface area contributed by atoms with Gasteiger partial charge in [0, 0.05) is 29.3 Å². The first-order valence-electron chi connectivity index (χ1n) is 10.5. The Morgan fingerprint density at radius 1 is 1.00 bits per heavy atom. The highest BCUT2D eigenvalue weighted by atomic mass is 32.2. The van der Waals surface area contributed by atoms with Gasteiger partial charge in [-0.1, -0.05) is 18.2 Å². The molecule has 3 aromatic carbocycles. The van der Waals surface area contributed by atoms with Crippen LogP contribution in [0.3, 0.4) is 0 Å². The van der Waals surface area contributed by atoms with Gasteiger partial charge in [0.1, 0.15) is 5.75 Å². The van der Waals surface area contributed by atoms with Crippen LogP contribution in [0.2, 0.25) is 0 Å². The molecule has 4 aromatic rings. The van der Waals surface area contributed by atoms with Gasteiger partial charge in [-0.2, -0.15) is 5.10 Å². The molecule has 0 bridgehead atoms. The summed E-state index contributed by atoms with van der Waals surface area (Å²) >= 11 is 0. The first-order valence-corrected chi connectivity index (χ1v) is 12.0. The van der Waals surface area contributed by atoms with E-state index in [1.165, 1.54) is 13.2 Å². The van der Waals surface area contributed by atoms with E-state index in [0.29, 0.717) is 29.2 Å². The number of amides is 1. The fourth-order valence-corrected chi connectivity index (χ4v) is 4.76. The molecule has 9 heteroatoms. The number of carbonyl (C=O) groups is 1. The number of carbonyl (C=O) groups excluding carboxylic acids is 1. The molecule has 0 fully saturated rings. The Morgan fingerprint density at radius 3 is 2.50 bits per heavy atom. The maximum absolute atomic E-state index is 13.0. The first-order chi connectivity index (χ1) is 16.3. The van der Waals surface area contributed by atoms with Crippen LogP contribution >= 0.6 is 0 Å². The van der Waals surface area contributed by atoms with E-state index in [9.17, 15) is 13.2 Å². The molecule has 0 radical (unpaired) electrons. The molecule has 0 unspecified atom stereocenters. The molecule has 0 spiro atoms. The first kappa shape index (κ1) is 23.1. The number of rotatable bonds is 8. The summed E-state index contributed by atoms with van der Waals surface area (Å²) in [6, 6.07) is 20.4. The molecule has 0 aliphatic carbocycles. The quantitative estimate of drug-likeness (QED) is 0.395. The zero-order valence-electron chi connectivity index (χ0n) is 18.7. The van der Waals surface area contributed by atoms with Crippen LogP contribution in [0.15, 0.2) is 90.1 Å². The van der Waals surface area contributed by atoms with E-state index in [1.54, 1.807) is 60.3 Å². The second-order valence-corrected chi connectivity index (χ2v) is 9.32. The molecule has 4 rings (SSSR count). The Labute approximate surface area is 198 Å². The van der Waals surface area contributed by atoms with Crippen LogP contribution in [0.5, 0.6) is 5.75 Å². The Hall–Kier alpha value is -4.11. The summed E-state index contributed by atoms with van der Waals surface area (Å²) in [6.45, 7) is 2.25. The number of benzene rings is 3. The highest BCUT2D eigenvalue weighted by molar-refractivity contribution is 7.92. The molecular weight excluding hydrogens is 452 g/mol. The molecule has 0 aliphatic rings. The number of nitrogens with one attached hydrogen (secondary N) is 2. The third kappa shape index (κ3) is 5.44. The average Bonchev–Trinajstić information content (AvgIpc) is 3.32. The molecule has 0 saturated heterocycles. The van der Waals surface area contributed by atoms with E-state index < -0.39 is 15.9 Å². The average molecular weight is 477 g/mol. The second-order valence-electron chi connectivity index (χ2n) is 7.67. The fraction of sp³-hybridized carbons (Fsp3) is 0.120. The summed E-state index contributed by atoms with van der Waals surface area (Å²) in [5.41, 5.74) is 2.73. The van der Waals surface area contributed by atoms with Gasteiger partial charge in [0.05, 0.1) is 18.6 Å². The van der Waals surface area contributed by atoms with Gasteiger partial charge in [0.25, 0.3) is 15.9 Å². The predicted molar refractivity (Wildman–Crippen MR) is 131 cm³/mol. The van der Waals surface area contributed by atoms with Crippen molar-refractivity contribution in [2.45, 2.75) is 18.4 Å². The third-order valence-corrected chi connectivity index (χ3v) is 6.69. The van der Waals surface area contributed by atoms with E-state index in [1.807, 2.05) is 30.5 Å². The normalized spacial score (nSPS) is 11.1. The van der Waals surface area contributed by atoms with Crippen molar-refractivity contribution in [3.05, 3.63) is 102 Å². The molecular formula is C25H24N4O4S. The molecule has 1 aromatic heterocycles. The minimum Gasteiger partial charge on any atom is -0.497 e. The largest absolute Gasteiger partial charge is 0.497 e. The molecule has 0 saturated carbocycles. The monoisotopic (exact) mass is 476 g/mol.